The van der Waals surface area contributed by atoms with Crippen LogP contribution < -0.4 is 5.32 Å². The van der Waals surface area contributed by atoms with E-state index in [4.69, 9.17) is 16.3 Å². The van der Waals surface area contributed by atoms with Gasteiger partial charge >= 0.3 is 5.97 Å². The molecule has 0 aliphatic carbocycles. The standard InChI is InChI=1S/C19H27ClFNO3S/c1-6-12(5)8-18(23)22-15-10-17(13(20)9-14(15)21)26-16(7-2)19(24)25-11(3)4/h9-12,16H,6-8H2,1-5H3,(H,22,23). The predicted molar refractivity (Wildman–Crippen MR) is 105 cm³/mol. The summed E-state index contributed by atoms with van der Waals surface area (Å²) in [5.74, 6) is -0.970. The summed E-state index contributed by atoms with van der Waals surface area (Å²) in [5, 5.41) is 2.34. The molecule has 0 bridgehead atoms. The first-order chi connectivity index (χ1) is 12.2. The second kappa shape index (κ2) is 10.8. The third-order valence-electron chi connectivity index (χ3n) is 3.78. The first-order valence-corrected chi connectivity index (χ1v) is 10.1. The number of thioether (sulfide) groups is 1. The number of anilines is 1. The molecule has 0 spiro atoms. The third-order valence-corrected chi connectivity index (χ3v) is 5.61. The molecule has 0 heterocycles. The fourth-order valence-electron chi connectivity index (χ4n) is 2.14. The van der Waals surface area contributed by atoms with Crippen LogP contribution in [0.15, 0.2) is 17.0 Å². The molecule has 2 unspecified atom stereocenters. The Hall–Kier alpha value is -1.27. The molecule has 1 aromatic rings. The van der Waals surface area contributed by atoms with Crippen LogP contribution in [0.2, 0.25) is 5.02 Å². The fraction of sp³-hybridized carbons (Fsp3) is 0.579. The van der Waals surface area contributed by atoms with Crippen molar-refractivity contribution < 1.29 is 18.7 Å². The Bertz CT molecular complexity index is 639. The highest BCUT2D eigenvalue weighted by molar-refractivity contribution is 8.00. The topological polar surface area (TPSA) is 55.4 Å². The van der Waals surface area contributed by atoms with Crippen molar-refractivity contribution in [2.45, 2.75) is 70.1 Å². The Morgan fingerprint density at radius 1 is 1.23 bits per heavy atom. The van der Waals surface area contributed by atoms with Gasteiger partial charge in [0.2, 0.25) is 5.91 Å². The second-order valence-corrected chi connectivity index (χ2v) is 8.18. The van der Waals surface area contributed by atoms with Crippen LogP contribution in [-0.4, -0.2) is 23.2 Å². The lowest BCUT2D eigenvalue weighted by Gasteiger charge is -2.17. The maximum absolute atomic E-state index is 14.2. The lowest BCUT2D eigenvalue weighted by Crippen LogP contribution is -2.22. The highest BCUT2D eigenvalue weighted by Gasteiger charge is 2.23. The molecular weight excluding hydrogens is 377 g/mol. The van der Waals surface area contributed by atoms with Crippen LogP contribution in [0.25, 0.3) is 0 Å². The molecule has 1 amide bonds. The molecule has 26 heavy (non-hydrogen) atoms. The summed E-state index contributed by atoms with van der Waals surface area (Å²) in [6.45, 7) is 9.39. The molecule has 0 radical (unpaired) electrons. The van der Waals surface area contributed by atoms with E-state index in [9.17, 15) is 14.0 Å². The zero-order valence-electron chi connectivity index (χ0n) is 15.9. The first-order valence-electron chi connectivity index (χ1n) is 8.83. The number of ether oxygens (including phenoxy) is 1. The van der Waals surface area contributed by atoms with Gasteiger partial charge in [-0.25, -0.2) is 4.39 Å². The van der Waals surface area contributed by atoms with Crippen molar-refractivity contribution >= 4 is 40.9 Å². The molecule has 2 atom stereocenters. The molecule has 0 aliphatic heterocycles. The summed E-state index contributed by atoms with van der Waals surface area (Å²) in [7, 11) is 0. The quantitative estimate of drug-likeness (QED) is 0.426. The van der Waals surface area contributed by atoms with Gasteiger partial charge in [-0.2, -0.15) is 0 Å². The van der Waals surface area contributed by atoms with Gasteiger partial charge in [0.25, 0.3) is 0 Å². The number of hydrogen-bond acceptors (Lipinski definition) is 4. The number of hydrogen-bond donors (Lipinski definition) is 1. The second-order valence-electron chi connectivity index (χ2n) is 6.53. The van der Waals surface area contributed by atoms with Crippen LogP contribution in [0.4, 0.5) is 10.1 Å². The fourth-order valence-corrected chi connectivity index (χ4v) is 3.40. The first kappa shape index (κ1) is 22.8. The average molecular weight is 404 g/mol. The number of rotatable bonds is 9. The largest absolute Gasteiger partial charge is 0.462 e. The molecule has 7 heteroatoms. The highest BCUT2D eigenvalue weighted by Crippen LogP contribution is 2.36. The van der Waals surface area contributed by atoms with Crippen LogP contribution in [0.1, 0.15) is 53.9 Å². The molecule has 4 nitrogen and oxygen atoms in total. The summed E-state index contributed by atoms with van der Waals surface area (Å²) < 4.78 is 19.4. The molecule has 1 rings (SSSR count). The van der Waals surface area contributed by atoms with Crippen molar-refractivity contribution in [1.29, 1.82) is 0 Å². The maximum Gasteiger partial charge on any atom is 0.319 e. The van der Waals surface area contributed by atoms with Gasteiger partial charge in [-0.05, 0) is 38.3 Å². The third kappa shape index (κ3) is 7.16. The van der Waals surface area contributed by atoms with Crippen LogP contribution >= 0.6 is 23.4 Å². The van der Waals surface area contributed by atoms with Gasteiger partial charge in [-0.3, -0.25) is 9.59 Å². The molecular formula is C19H27ClFNO3S. The molecule has 1 aromatic carbocycles. The van der Waals surface area contributed by atoms with Crippen molar-refractivity contribution in [3.8, 4) is 0 Å². The van der Waals surface area contributed by atoms with Crippen LogP contribution in [0.3, 0.4) is 0 Å². The van der Waals surface area contributed by atoms with Crippen LogP contribution in [0, 0.1) is 11.7 Å². The van der Waals surface area contributed by atoms with Crippen molar-refractivity contribution in [3.63, 3.8) is 0 Å². The Kier molecular flexibility index (Phi) is 9.44. The SMILES string of the molecule is CCC(C)CC(=O)Nc1cc(SC(CC)C(=O)OC(C)C)c(Cl)cc1F. The smallest absolute Gasteiger partial charge is 0.319 e. The number of amides is 1. The number of carbonyl (C=O) groups excluding carboxylic acids is 2. The lowest BCUT2D eigenvalue weighted by atomic mass is 10.1. The number of carbonyl (C=O) groups is 2. The zero-order chi connectivity index (χ0) is 19.9. The number of benzene rings is 1. The van der Waals surface area contributed by atoms with Gasteiger partial charge in [0.15, 0.2) is 0 Å². The molecule has 0 saturated heterocycles. The zero-order valence-corrected chi connectivity index (χ0v) is 17.5. The molecule has 0 aliphatic rings. The molecule has 146 valence electrons. The summed E-state index contributed by atoms with van der Waals surface area (Å²) in [4.78, 5) is 24.7. The van der Waals surface area contributed by atoms with E-state index in [2.05, 4.69) is 5.32 Å². The molecule has 0 fully saturated rings. The van der Waals surface area contributed by atoms with Crippen LogP contribution in [0.5, 0.6) is 0 Å². The summed E-state index contributed by atoms with van der Waals surface area (Å²) >= 11 is 7.34. The predicted octanol–water partition coefficient (Wildman–Crippen LogP) is 5.68. The van der Waals surface area contributed by atoms with Crippen molar-refractivity contribution in [2.75, 3.05) is 5.32 Å². The minimum atomic E-state index is -0.602. The van der Waals surface area contributed by atoms with Crippen molar-refractivity contribution in [3.05, 3.63) is 23.0 Å². The summed E-state index contributed by atoms with van der Waals surface area (Å²) in [6.07, 6.45) is 1.52. The lowest BCUT2D eigenvalue weighted by molar-refractivity contribution is -0.146. The van der Waals surface area contributed by atoms with E-state index in [1.807, 2.05) is 20.8 Å². The number of esters is 1. The van der Waals surface area contributed by atoms with E-state index < -0.39 is 11.1 Å². The van der Waals surface area contributed by atoms with Crippen molar-refractivity contribution in [2.24, 2.45) is 5.92 Å². The normalized spacial score (nSPS) is 13.4. The van der Waals surface area contributed by atoms with Gasteiger partial charge < -0.3 is 10.1 Å². The number of halogens is 2. The van der Waals surface area contributed by atoms with Crippen LogP contribution in [-0.2, 0) is 14.3 Å². The van der Waals surface area contributed by atoms with Gasteiger partial charge in [0.1, 0.15) is 11.1 Å². The maximum atomic E-state index is 14.2. The van der Waals surface area contributed by atoms with E-state index in [0.717, 1.165) is 12.5 Å². The molecule has 1 N–H and O–H groups in total. The van der Waals surface area contributed by atoms with E-state index in [1.54, 1.807) is 13.8 Å². The van der Waals surface area contributed by atoms with E-state index in [-0.39, 0.29) is 34.6 Å². The van der Waals surface area contributed by atoms with Crippen molar-refractivity contribution in [1.82, 2.24) is 0 Å². The van der Waals surface area contributed by atoms with Gasteiger partial charge in [-0.1, -0.05) is 38.8 Å². The Morgan fingerprint density at radius 3 is 2.42 bits per heavy atom. The Morgan fingerprint density at radius 2 is 1.88 bits per heavy atom. The summed E-state index contributed by atoms with van der Waals surface area (Å²) in [6, 6.07) is 2.63. The van der Waals surface area contributed by atoms with Gasteiger partial charge in [-0.15, -0.1) is 11.8 Å². The van der Waals surface area contributed by atoms with E-state index in [1.165, 1.54) is 17.8 Å². The highest BCUT2D eigenvalue weighted by atomic mass is 35.5. The minimum absolute atomic E-state index is 0.0669. The minimum Gasteiger partial charge on any atom is -0.462 e. The Balaban J connectivity index is 2.95. The van der Waals surface area contributed by atoms with E-state index >= 15 is 0 Å². The monoisotopic (exact) mass is 403 g/mol. The molecule has 0 aromatic heterocycles. The van der Waals surface area contributed by atoms with E-state index in [0.29, 0.717) is 17.7 Å². The Labute approximate surface area is 164 Å². The number of nitrogens with one attached hydrogen (secondary N) is 1. The van der Waals surface area contributed by atoms with Gasteiger partial charge in [0.05, 0.1) is 16.8 Å². The summed E-state index contributed by atoms with van der Waals surface area (Å²) in [5.41, 5.74) is 0.0669. The average Bonchev–Trinajstić information content (AvgIpc) is 2.55. The molecule has 0 saturated carbocycles. The van der Waals surface area contributed by atoms with Gasteiger partial charge in [0, 0.05) is 11.3 Å².